The number of sulfonamides is 1. The highest BCUT2D eigenvalue weighted by molar-refractivity contribution is 7.89. The molecule has 0 amide bonds. The van der Waals surface area contributed by atoms with E-state index >= 15 is 0 Å². The maximum Gasteiger partial charge on any atom is 0.352 e. The number of hydrogen-bond acceptors (Lipinski definition) is 4. The van der Waals surface area contributed by atoms with E-state index in [2.05, 4.69) is 4.98 Å². The molecule has 20 heavy (non-hydrogen) atoms. The molecule has 1 aliphatic rings. The zero-order valence-corrected chi connectivity index (χ0v) is 12.4. The van der Waals surface area contributed by atoms with Crippen LogP contribution in [0.4, 0.5) is 0 Å². The second-order valence-corrected chi connectivity index (χ2v) is 7.34. The van der Waals surface area contributed by atoms with Gasteiger partial charge in [0.2, 0.25) is 10.0 Å². The quantitative estimate of drug-likeness (QED) is 0.752. The molecule has 1 saturated heterocycles. The van der Waals surface area contributed by atoms with E-state index in [4.69, 9.17) is 5.11 Å². The van der Waals surface area contributed by atoms with Gasteiger partial charge in [-0.1, -0.05) is 0 Å². The number of carbonyl (C=O) groups is 1. The summed E-state index contributed by atoms with van der Waals surface area (Å²) in [7, 11) is -3.81. The largest absolute Gasteiger partial charge is 0.477 e. The topological polar surface area (TPSA) is 111 Å². The fraction of sp³-hybridized carbons (Fsp3) is 0.583. The molecule has 8 heteroatoms. The van der Waals surface area contributed by atoms with Crippen molar-refractivity contribution in [3.63, 3.8) is 0 Å². The van der Waals surface area contributed by atoms with E-state index in [1.165, 1.54) is 18.2 Å². The van der Waals surface area contributed by atoms with Gasteiger partial charge in [0.05, 0.1) is 5.60 Å². The molecule has 1 atom stereocenters. The van der Waals surface area contributed by atoms with Crippen LogP contribution in [-0.4, -0.2) is 52.6 Å². The molecule has 1 aromatic heterocycles. The summed E-state index contributed by atoms with van der Waals surface area (Å²) < 4.78 is 26.4. The Morgan fingerprint density at radius 2 is 2.00 bits per heavy atom. The minimum absolute atomic E-state index is 0.00685. The number of nitrogens with zero attached hydrogens (tertiary/aromatic N) is 1. The molecule has 0 bridgehead atoms. The molecular weight excluding hydrogens is 284 g/mol. The Balaban J connectivity index is 2.49. The third kappa shape index (κ3) is 2.34. The summed E-state index contributed by atoms with van der Waals surface area (Å²) in [6, 6.07) is 0. The van der Waals surface area contributed by atoms with Gasteiger partial charge in [0.1, 0.15) is 10.6 Å². The van der Waals surface area contributed by atoms with Gasteiger partial charge in [-0.3, -0.25) is 0 Å². The third-order valence-corrected chi connectivity index (χ3v) is 5.72. The molecule has 112 valence electrons. The zero-order chi connectivity index (χ0) is 15.3. The molecule has 7 nitrogen and oxygen atoms in total. The number of rotatable bonds is 3. The maximum absolute atomic E-state index is 12.6. The number of aromatic nitrogens is 1. The van der Waals surface area contributed by atoms with Crippen molar-refractivity contribution in [3.8, 4) is 0 Å². The van der Waals surface area contributed by atoms with Gasteiger partial charge in [-0.25, -0.2) is 13.2 Å². The van der Waals surface area contributed by atoms with Crippen molar-refractivity contribution < 1.29 is 23.4 Å². The van der Waals surface area contributed by atoms with E-state index in [0.29, 0.717) is 12.1 Å². The van der Waals surface area contributed by atoms with Crippen LogP contribution in [0, 0.1) is 13.8 Å². The van der Waals surface area contributed by atoms with Crippen LogP contribution in [0.3, 0.4) is 0 Å². The Morgan fingerprint density at radius 1 is 1.40 bits per heavy atom. The molecule has 3 N–H and O–H groups in total. The fourth-order valence-corrected chi connectivity index (χ4v) is 4.54. The highest BCUT2D eigenvalue weighted by Crippen LogP contribution is 2.31. The standard InChI is InChI=1S/C12H18N2O5S/c1-7-9(11(15)16)13-8(2)10(7)20(18,19)14-5-4-12(3,17)6-14/h13,17H,4-6H2,1-3H3,(H,15,16). The number of aryl methyl sites for hydroxylation is 1. The predicted octanol–water partition coefficient (Wildman–Crippen LogP) is 0.475. The Morgan fingerprint density at radius 3 is 2.40 bits per heavy atom. The summed E-state index contributed by atoms with van der Waals surface area (Å²) in [5.41, 5.74) is -0.666. The van der Waals surface area contributed by atoms with E-state index in [9.17, 15) is 18.3 Å². The van der Waals surface area contributed by atoms with E-state index < -0.39 is 21.6 Å². The van der Waals surface area contributed by atoms with Crippen LogP contribution in [0.2, 0.25) is 0 Å². The molecule has 1 aliphatic heterocycles. The van der Waals surface area contributed by atoms with Crippen molar-refractivity contribution in [2.45, 2.75) is 37.7 Å². The van der Waals surface area contributed by atoms with Gasteiger partial charge in [-0.05, 0) is 27.2 Å². The highest BCUT2D eigenvalue weighted by Gasteiger charge is 2.40. The number of aromatic amines is 1. The molecule has 1 aromatic rings. The molecule has 0 radical (unpaired) electrons. The second-order valence-electron chi connectivity index (χ2n) is 5.47. The first-order valence-corrected chi connectivity index (χ1v) is 7.65. The number of carboxylic acid groups (broad SMARTS) is 1. The van der Waals surface area contributed by atoms with Crippen molar-refractivity contribution in [1.29, 1.82) is 0 Å². The molecule has 2 rings (SSSR count). The summed E-state index contributed by atoms with van der Waals surface area (Å²) in [6.45, 7) is 4.82. The molecule has 0 aromatic carbocycles. The lowest BCUT2D eigenvalue weighted by Gasteiger charge is -2.19. The van der Waals surface area contributed by atoms with Crippen molar-refractivity contribution in [1.82, 2.24) is 9.29 Å². The van der Waals surface area contributed by atoms with Crippen molar-refractivity contribution in [2.75, 3.05) is 13.1 Å². The fourth-order valence-electron chi connectivity index (χ4n) is 2.57. The number of aliphatic hydroxyl groups is 1. The Labute approximate surface area is 117 Å². The van der Waals surface area contributed by atoms with Crippen LogP contribution < -0.4 is 0 Å². The first-order chi connectivity index (χ1) is 9.06. The van der Waals surface area contributed by atoms with Gasteiger partial charge < -0.3 is 15.2 Å². The zero-order valence-electron chi connectivity index (χ0n) is 11.6. The first kappa shape index (κ1) is 15.0. The number of aromatic carboxylic acids is 1. The summed E-state index contributed by atoms with van der Waals surface area (Å²) in [6.07, 6.45) is 0.362. The lowest BCUT2D eigenvalue weighted by atomic mass is 10.1. The minimum Gasteiger partial charge on any atom is -0.477 e. The van der Waals surface area contributed by atoms with Crippen LogP contribution in [0.15, 0.2) is 4.90 Å². The predicted molar refractivity (Wildman–Crippen MR) is 71.2 cm³/mol. The maximum atomic E-state index is 12.6. The van der Waals surface area contributed by atoms with E-state index in [1.54, 1.807) is 6.92 Å². The van der Waals surface area contributed by atoms with Crippen molar-refractivity contribution >= 4 is 16.0 Å². The molecular formula is C12H18N2O5S. The summed E-state index contributed by atoms with van der Waals surface area (Å²) in [5.74, 6) is -1.19. The lowest BCUT2D eigenvalue weighted by Crippen LogP contribution is -2.34. The number of nitrogens with one attached hydrogen (secondary N) is 1. The minimum atomic E-state index is -3.81. The number of hydrogen-bond donors (Lipinski definition) is 3. The number of carboxylic acids is 1. The molecule has 0 saturated carbocycles. The molecule has 0 aliphatic carbocycles. The SMILES string of the molecule is Cc1[nH]c(C(=O)O)c(C)c1S(=O)(=O)N1CCC(C)(O)C1. The van der Waals surface area contributed by atoms with Crippen LogP contribution in [0.1, 0.15) is 35.1 Å². The number of H-pyrrole nitrogens is 1. The van der Waals surface area contributed by atoms with Crippen LogP contribution >= 0.6 is 0 Å². The Hall–Kier alpha value is -1.38. The molecule has 0 spiro atoms. The van der Waals surface area contributed by atoms with Crippen molar-refractivity contribution in [2.24, 2.45) is 0 Å². The van der Waals surface area contributed by atoms with Gasteiger partial charge in [0.25, 0.3) is 0 Å². The number of β-amino-alcohol motifs (C(OH)–C–C–N with tert-alkyl or cyclic N) is 1. The highest BCUT2D eigenvalue weighted by atomic mass is 32.2. The Bertz CT molecular complexity index is 660. The summed E-state index contributed by atoms with van der Waals surface area (Å²) >= 11 is 0. The average molecular weight is 302 g/mol. The van der Waals surface area contributed by atoms with Gasteiger partial charge in [-0.15, -0.1) is 0 Å². The normalized spacial score (nSPS) is 24.2. The van der Waals surface area contributed by atoms with Crippen LogP contribution in [0.25, 0.3) is 0 Å². The first-order valence-electron chi connectivity index (χ1n) is 6.21. The Kier molecular flexibility index (Phi) is 3.43. The van der Waals surface area contributed by atoms with E-state index in [0.717, 1.165) is 0 Å². The molecule has 1 unspecified atom stereocenters. The van der Waals surface area contributed by atoms with Gasteiger partial charge in [0.15, 0.2) is 0 Å². The molecule has 1 fully saturated rings. The summed E-state index contributed by atoms with van der Waals surface area (Å²) in [4.78, 5) is 13.6. The van der Waals surface area contributed by atoms with Gasteiger partial charge in [-0.2, -0.15) is 4.31 Å². The lowest BCUT2D eigenvalue weighted by molar-refractivity contribution is 0.0689. The monoisotopic (exact) mass is 302 g/mol. The van der Waals surface area contributed by atoms with E-state index in [-0.39, 0.29) is 29.2 Å². The van der Waals surface area contributed by atoms with Crippen molar-refractivity contribution in [3.05, 3.63) is 17.0 Å². The molecule has 2 heterocycles. The smallest absolute Gasteiger partial charge is 0.352 e. The summed E-state index contributed by atoms with van der Waals surface area (Å²) in [5, 5.41) is 18.9. The van der Waals surface area contributed by atoms with Crippen LogP contribution in [-0.2, 0) is 10.0 Å². The van der Waals surface area contributed by atoms with Crippen LogP contribution in [0.5, 0.6) is 0 Å². The average Bonchev–Trinajstić information content (AvgIpc) is 2.79. The van der Waals surface area contributed by atoms with Gasteiger partial charge >= 0.3 is 5.97 Å². The third-order valence-electron chi connectivity index (χ3n) is 3.60. The van der Waals surface area contributed by atoms with E-state index in [1.807, 2.05) is 0 Å². The van der Waals surface area contributed by atoms with Gasteiger partial charge in [0, 0.05) is 24.3 Å². The second kappa shape index (κ2) is 4.57.